The summed E-state index contributed by atoms with van der Waals surface area (Å²) in [6, 6.07) is 14.7. The van der Waals surface area contributed by atoms with Crippen LogP contribution in [0.2, 0.25) is 0 Å². The molecule has 1 saturated heterocycles. The summed E-state index contributed by atoms with van der Waals surface area (Å²) in [5.74, 6) is -0.131. The number of nitrogen functional groups attached to an aromatic ring is 1. The average Bonchev–Trinajstić information content (AvgIpc) is 2.79. The zero-order valence-corrected chi connectivity index (χ0v) is 14.9. The Morgan fingerprint density at radius 3 is 2.64 bits per heavy atom. The smallest absolute Gasteiger partial charge is 0.254 e. The van der Waals surface area contributed by atoms with Crippen LogP contribution in [0.5, 0.6) is 0 Å². The number of hydrogen-bond donors (Lipinski definition) is 2. The number of rotatable bonds is 2. The Balaban J connectivity index is 0.00000225. The van der Waals surface area contributed by atoms with E-state index in [9.17, 15) is 9.59 Å². The maximum absolute atomic E-state index is 13.1. The normalized spacial score (nSPS) is 17.2. The number of carbonyl (C=O) groups is 2. The predicted octanol–water partition coefficient (Wildman–Crippen LogP) is 2.70. The third-order valence-corrected chi connectivity index (χ3v) is 4.37. The summed E-state index contributed by atoms with van der Waals surface area (Å²) in [6.45, 7) is 2.82. The zero-order chi connectivity index (χ0) is 17.1. The van der Waals surface area contributed by atoms with Gasteiger partial charge in [0.1, 0.15) is 0 Å². The van der Waals surface area contributed by atoms with E-state index in [0.717, 1.165) is 11.1 Å². The lowest BCUT2D eigenvalue weighted by Gasteiger charge is -2.30. The van der Waals surface area contributed by atoms with Gasteiger partial charge in [0, 0.05) is 24.3 Å². The Labute approximate surface area is 153 Å². The Morgan fingerprint density at radius 1 is 1.20 bits per heavy atom. The number of benzene rings is 2. The van der Waals surface area contributed by atoms with Crippen molar-refractivity contribution in [2.75, 3.05) is 18.8 Å². The Bertz CT molecular complexity index is 765. The second-order valence-electron chi connectivity index (χ2n) is 6.05. The minimum atomic E-state index is -0.276. The molecule has 132 valence electrons. The highest BCUT2D eigenvalue weighted by molar-refractivity contribution is 5.97. The van der Waals surface area contributed by atoms with Gasteiger partial charge in [-0.15, -0.1) is 12.4 Å². The van der Waals surface area contributed by atoms with Crippen molar-refractivity contribution < 1.29 is 9.59 Å². The number of hydrogen-bond acceptors (Lipinski definition) is 3. The van der Waals surface area contributed by atoms with Crippen LogP contribution in [0.25, 0.3) is 0 Å². The molecule has 0 bridgehead atoms. The van der Waals surface area contributed by atoms with Crippen molar-refractivity contribution >= 4 is 29.9 Å². The van der Waals surface area contributed by atoms with E-state index in [1.54, 1.807) is 17.0 Å². The SMILES string of the molecule is Cc1ccc(N)cc1C(=O)N1CCNC(=O)CC1c1ccccc1.Cl. The minimum absolute atomic E-state index is 0. The maximum atomic E-state index is 13.1. The second-order valence-corrected chi connectivity index (χ2v) is 6.05. The van der Waals surface area contributed by atoms with Gasteiger partial charge in [-0.2, -0.15) is 0 Å². The van der Waals surface area contributed by atoms with Crippen molar-refractivity contribution in [1.82, 2.24) is 10.2 Å². The van der Waals surface area contributed by atoms with Crippen molar-refractivity contribution in [3.05, 3.63) is 65.2 Å². The molecule has 2 aromatic carbocycles. The van der Waals surface area contributed by atoms with Crippen LogP contribution >= 0.6 is 12.4 Å². The number of nitrogens with one attached hydrogen (secondary N) is 1. The van der Waals surface area contributed by atoms with Gasteiger partial charge in [0.05, 0.1) is 12.5 Å². The molecule has 2 amide bonds. The van der Waals surface area contributed by atoms with Crippen LogP contribution in [-0.4, -0.2) is 29.8 Å². The molecule has 0 spiro atoms. The Morgan fingerprint density at radius 2 is 1.92 bits per heavy atom. The highest BCUT2D eigenvalue weighted by Gasteiger charge is 2.30. The van der Waals surface area contributed by atoms with E-state index in [4.69, 9.17) is 5.73 Å². The number of carbonyl (C=O) groups excluding carboxylic acids is 2. The van der Waals surface area contributed by atoms with Crippen LogP contribution in [0.4, 0.5) is 5.69 Å². The molecule has 3 rings (SSSR count). The highest BCUT2D eigenvalue weighted by atomic mass is 35.5. The van der Waals surface area contributed by atoms with Gasteiger partial charge < -0.3 is 16.0 Å². The molecule has 0 aliphatic carbocycles. The van der Waals surface area contributed by atoms with Gasteiger partial charge in [0.2, 0.25) is 5.91 Å². The molecule has 0 radical (unpaired) electrons. The molecule has 25 heavy (non-hydrogen) atoms. The number of nitrogens with two attached hydrogens (primary N) is 1. The Hall–Kier alpha value is -2.53. The first-order valence-corrected chi connectivity index (χ1v) is 8.05. The van der Waals surface area contributed by atoms with Gasteiger partial charge in [0.15, 0.2) is 0 Å². The summed E-state index contributed by atoms with van der Waals surface area (Å²) >= 11 is 0. The van der Waals surface area contributed by atoms with Gasteiger partial charge in [-0.1, -0.05) is 36.4 Å². The van der Waals surface area contributed by atoms with E-state index in [1.165, 1.54) is 0 Å². The molecule has 1 unspecified atom stereocenters. The van der Waals surface area contributed by atoms with E-state index in [1.807, 2.05) is 43.3 Å². The zero-order valence-electron chi connectivity index (χ0n) is 14.1. The lowest BCUT2D eigenvalue weighted by atomic mass is 9.99. The van der Waals surface area contributed by atoms with Crippen LogP contribution in [0.15, 0.2) is 48.5 Å². The molecule has 1 aliphatic heterocycles. The molecule has 2 aromatic rings. The molecular formula is C19H22ClN3O2. The summed E-state index contributed by atoms with van der Waals surface area (Å²) in [7, 11) is 0. The van der Waals surface area contributed by atoms with E-state index in [2.05, 4.69) is 5.32 Å². The van der Waals surface area contributed by atoms with E-state index >= 15 is 0 Å². The average molecular weight is 360 g/mol. The minimum Gasteiger partial charge on any atom is -0.399 e. The highest BCUT2D eigenvalue weighted by Crippen LogP contribution is 2.28. The molecule has 0 saturated carbocycles. The quantitative estimate of drug-likeness (QED) is 0.809. The van der Waals surface area contributed by atoms with E-state index in [0.29, 0.717) is 24.3 Å². The third-order valence-electron chi connectivity index (χ3n) is 4.37. The molecule has 1 aliphatic rings. The predicted molar refractivity (Wildman–Crippen MR) is 101 cm³/mol. The molecule has 1 heterocycles. The molecule has 3 N–H and O–H groups in total. The summed E-state index contributed by atoms with van der Waals surface area (Å²) in [4.78, 5) is 26.9. The standard InChI is InChI=1S/C19H21N3O2.ClH/c1-13-7-8-15(20)11-16(13)19(24)22-10-9-21-18(23)12-17(22)14-5-3-2-4-6-14;/h2-8,11,17H,9-10,12,20H2,1H3,(H,21,23);1H. The largest absolute Gasteiger partial charge is 0.399 e. The van der Waals surface area contributed by atoms with Crippen molar-refractivity contribution in [2.24, 2.45) is 0 Å². The fraction of sp³-hybridized carbons (Fsp3) is 0.263. The first-order chi connectivity index (χ1) is 11.6. The fourth-order valence-corrected chi connectivity index (χ4v) is 3.07. The molecular weight excluding hydrogens is 338 g/mol. The number of amides is 2. The van der Waals surface area contributed by atoms with Gasteiger partial charge in [-0.05, 0) is 30.2 Å². The summed E-state index contributed by atoms with van der Waals surface area (Å²) < 4.78 is 0. The first-order valence-electron chi connectivity index (χ1n) is 8.05. The van der Waals surface area contributed by atoms with Gasteiger partial charge >= 0.3 is 0 Å². The Kier molecular flexibility index (Phi) is 6.04. The maximum Gasteiger partial charge on any atom is 0.254 e. The van der Waals surface area contributed by atoms with Gasteiger partial charge in [0.25, 0.3) is 5.91 Å². The lowest BCUT2D eigenvalue weighted by Crippen LogP contribution is -2.37. The summed E-state index contributed by atoms with van der Waals surface area (Å²) in [6.07, 6.45) is 0.261. The molecule has 1 atom stereocenters. The summed E-state index contributed by atoms with van der Waals surface area (Å²) in [5, 5.41) is 2.85. The molecule has 5 nitrogen and oxygen atoms in total. The molecule has 1 fully saturated rings. The first kappa shape index (κ1) is 18.8. The van der Waals surface area contributed by atoms with E-state index in [-0.39, 0.29) is 36.7 Å². The van der Waals surface area contributed by atoms with Crippen LogP contribution in [0.1, 0.15) is 33.9 Å². The van der Waals surface area contributed by atoms with Crippen molar-refractivity contribution in [2.45, 2.75) is 19.4 Å². The van der Waals surface area contributed by atoms with Crippen LogP contribution in [0, 0.1) is 6.92 Å². The van der Waals surface area contributed by atoms with Crippen LogP contribution in [0.3, 0.4) is 0 Å². The van der Waals surface area contributed by atoms with Gasteiger partial charge in [-0.3, -0.25) is 9.59 Å². The fourth-order valence-electron chi connectivity index (χ4n) is 3.07. The third kappa shape index (κ3) is 4.12. The monoisotopic (exact) mass is 359 g/mol. The van der Waals surface area contributed by atoms with E-state index < -0.39 is 0 Å². The summed E-state index contributed by atoms with van der Waals surface area (Å²) in [5.41, 5.74) is 8.85. The van der Waals surface area contributed by atoms with Crippen molar-refractivity contribution in [1.29, 1.82) is 0 Å². The second kappa shape index (κ2) is 8.03. The molecule has 0 aromatic heterocycles. The number of aryl methyl sites for hydroxylation is 1. The lowest BCUT2D eigenvalue weighted by molar-refractivity contribution is -0.121. The van der Waals surface area contributed by atoms with Gasteiger partial charge in [-0.25, -0.2) is 0 Å². The number of anilines is 1. The van der Waals surface area contributed by atoms with Crippen LogP contribution < -0.4 is 11.1 Å². The van der Waals surface area contributed by atoms with Crippen LogP contribution in [-0.2, 0) is 4.79 Å². The number of nitrogens with zero attached hydrogens (tertiary/aromatic N) is 1. The molecule has 6 heteroatoms. The van der Waals surface area contributed by atoms with Crippen molar-refractivity contribution in [3.63, 3.8) is 0 Å². The number of halogens is 1. The van der Waals surface area contributed by atoms with Crippen molar-refractivity contribution in [3.8, 4) is 0 Å². The topological polar surface area (TPSA) is 75.4 Å².